The van der Waals surface area contributed by atoms with E-state index in [2.05, 4.69) is 5.32 Å². The lowest BCUT2D eigenvalue weighted by molar-refractivity contribution is -0.144. The Morgan fingerprint density at radius 2 is 1.61 bits per heavy atom. The Morgan fingerprint density at radius 3 is 2.00 bits per heavy atom. The minimum atomic E-state index is -1.02. The van der Waals surface area contributed by atoms with Gasteiger partial charge in [-0.2, -0.15) is 0 Å². The molecular formula is C16H29N3O4. The molecule has 0 aromatic carbocycles. The summed E-state index contributed by atoms with van der Waals surface area (Å²) in [6, 6.07) is -1.39. The molecule has 0 aromatic rings. The van der Waals surface area contributed by atoms with Gasteiger partial charge in [0.05, 0.1) is 6.04 Å². The van der Waals surface area contributed by atoms with Crippen molar-refractivity contribution in [1.29, 1.82) is 0 Å². The minimum Gasteiger partial charge on any atom is -0.480 e. The molecule has 23 heavy (non-hydrogen) atoms. The molecule has 7 heteroatoms. The van der Waals surface area contributed by atoms with Gasteiger partial charge in [0.15, 0.2) is 0 Å². The van der Waals surface area contributed by atoms with Crippen LogP contribution in [0, 0.1) is 17.8 Å². The van der Waals surface area contributed by atoms with Crippen molar-refractivity contribution in [3.05, 3.63) is 0 Å². The molecule has 1 aliphatic rings. The van der Waals surface area contributed by atoms with Crippen molar-refractivity contribution in [2.75, 3.05) is 13.1 Å². The number of likely N-dealkylation sites (tertiary alicyclic amines) is 1. The van der Waals surface area contributed by atoms with Crippen LogP contribution in [0.5, 0.6) is 0 Å². The molecule has 1 saturated heterocycles. The summed E-state index contributed by atoms with van der Waals surface area (Å²) in [6.07, 6.45) is 1.07. The number of aliphatic carboxylic acids is 1. The zero-order valence-corrected chi connectivity index (χ0v) is 14.4. The van der Waals surface area contributed by atoms with Gasteiger partial charge in [-0.05, 0) is 24.7 Å². The first-order chi connectivity index (χ1) is 10.6. The zero-order valence-electron chi connectivity index (χ0n) is 14.4. The Bertz CT molecular complexity index is 443. The van der Waals surface area contributed by atoms with Crippen LogP contribution in [-0.2, 0) is 14.4 Å². The van der Waals surface area contributed by atoms with Crippen LogP contribution in [0.2, 0.25) is 0 Å². The van der Waals surface area contributed by atoms with E-state index < -0.39 is 18.1 Å². The van der Waals surface area contributed by atoms with Crippen molar-refractivity contribution < 1.29 is 19.5 Å². The van der Waals surface area contributed by atoms with Gasteiger partial charge in [-0.3, -0.25) is 9.59 Å². The second kappa shape index (κ2) is 8.29. The summed E-state index contributed by atoms with van der Waals surface area (Å²) in [5.41, 5.74) is 5.88. The van der Waals surface area contributed by atoms with Gasteiger partial charge in [-0.25, -0.2) is 4.79 Å². The van der Waals surface area contributed by atoms with Crippen LogP contribution in [0.15, 0.2) is 0 Å². The molecule has 1 rings (SSSR count). The average Bonchev–Trinajstić information content (AvgIpc) is 2.50. The molecule has 1 fully saturated rings. The Hall–Kier alpha value is -1.63. The summed E-state index contributed by atoms with van der Waals surface area (Å²) in [5.74, 6) is -1.71. The molecule has 4 N–H and O–H groups in total. The summed E-state index contributed by atoms with van der Waals surface area (Å²) in [7, 11) is 0. The number of hydrogen-bond donors (Lipinski definition) is 3. The highest BCUT2D eigenvalue weighted by Crippen LogP contribution is 2.19. The van der Waals surface area contributed by atoms with Crippen LogP contribution in [0.25, 0.3) is 0 Å². The van der Waals surface area contributed by atoms with E-state index >= 15 is 0 Å². The fourth-order valence-electron chi connectivity index (χ4n) is 2.64. The maximum absolute atomic E-state index is 12.2. The van der Waals surface area contributed by atoms with Crippen LogP contribution >= 0.6 is 0 Å². The standard InChI is InChI=1S/C16H29N3O4/c1-9(2)12(17)15(21)19-7-5-11(6-8-19)14(20)18-13(10(3)4)16(22)23/h9-13H,5-8,17H2,1-4H3,(H,18,20)(H,22,23). The number of carboxylic acid groups (broad SMARTS) is 1. The van der Waals surface area contributed by atoms with Gasteiger partial charge in [0.2, 0.25) is 11.8 Å². The second-order valence-corrected chi connectivity index (χ2v) is 6.94. The van der Waals surface area contributed by atoms with Crippen molar-refractivity contribution in [3.8, 4) is 0 Å². The Balaban J connectivity index is 2.54. The number of rotatable bonds is 6. The third-order valence-electron chi connectivity index (χ3n) is 4.41. The summed E-state index contributed by atoms with van der Waals surface area (Å²) in [4.78, 5) is 37.3. The number of nitrogens with two attached hydrogens (primary N) is 1. The third kappa shape index (κ3) is 5.20. The summed E-state index contributed by atoms with van der Waals surface area (Å²) < 4.78 is 0. The van der Waals surface area contributed by atoms with Crippen LogP contribution < -0.4 is 11.1 Å². The van der Waals surface area contributed by atoms with Gasteiger partial charge in [0.25, 0.3) is 0 Å². The van der Waals surface area contributed by atoms with E-state index in [1.807, 2.05) is 13.8 Å². The second-order valence-electron chi connectivity index (χ2n) is 6.94. The monoisotopic (exact) mass is 327 g/mol. The van der Waals surface area contributed by atoms with E-state index in [4.69, 9.17) is 10.8 Å². The molecule has 1 aliphatic heterocycles. The molecule has 0 saturated carbocycles. The smallest absolute Gasteiger partial charge is 0.326 e. The van der Waals surface area contributed by atoms with Gasteiger partial charge in [0.1, 0.15) is 6.04 Å². The molecule has 0 spiro atoms. The van der Waals surface area contributed by atoms with Crippen molar-refractivity contribution in [3.63, 3.8) is 0 Å². The molecule has 0 radical (unpaired) electrons. The fourth-order valence-corrected chi connectivity index (χ4v) is 2.64. The fraction of sp³-hybridized carbons (Fsp3) is 0.812. The number of nitrogens with one attached hydrogen (secondary N) is 1. The minimum absolute atomic E-state index is 0.0749. The molecule has 132 valence electrons. The number of hydrogen-bond acceptors (Lipinski definition) is 4. The van der Waals surface area contributed by atoms with Gasteiger partial charge in [-0.15, -0.1) is 0 Å². The Kier molecular flexibility index (Phi) is 7.00. The van der Waals surface area contributed by atoms with E-state index in [0.717, 1.165) is 0 Å². The molecule has 2 unspecified atom stereocenters. The topological polar surface area (TPSA) is 113 Å². The van der Waals surface area contributed by atoms with Crippen LogP contribution in [-0.4, -0.2) is 53.0 Å². The first kappa shape index (κ1) is 19.4. The number of carboxylic acids is 1. The quantitative estimate of drug-likeness (QED) is 0.655. The number of amides is 2. The molecular weight excluding hydrogens is 298 g/mol. The number of carbonyl (C=O) groups excluding carboxylic acids is 2. The van der Waals surface area contributed by atoms with Crippen molar-refractivity contribution >= 4 is 17.8 Å². The molecule has 2 atom stereocenters. The van der Waals surface area contributed by atoms with E-state index in [1.165, 1.54) is 0 Å². The van der Waals surface area contributed by atoms with Gasteiger partial charge in [0, 0.05) is 19.0 Å². The van der Waals surface area contributed by atoms with E-state index in [0.29, 0.717) is 25.9 Å². The van der Waals surface area contributed by atoms with Crippen LogP contribution in [0.3, 0.4) is 0 Å². The normalized spacial score (nSPS) is 18.8. The number of piperidine rings is 1. The zero-order chi connectivity index (χ0) is 17.7. The lowest BCUT2D eigenvalue weighted by Gasteiger charge is -2.34. The lowest BCUT2D eigenvalue weighted by atomic mass is 9.93. The van der Waals surface area contributed by atoms with Crippen LogP contribution in [0.4, 0.5) is 0 Å². The van der Waals surface area contributed by atoms with E-state index in [-0.39, 0.29) is 29.6 Å². The van der Waals surface area contributed by atoms with Gasteiger partial charge < -0.3 is 21.1 Å². The first-order valence-electron chi connectivity index (χ1n) is 8.22. The molecule has 0 aliphatic carbocycles. The Morgan fingerprint density at radius 1 is 1.09 bits per heavy atom. The summed E-state index contributed by atoms with van der Waals surface area (Å²) in [5, 5.41) is 11.7. The van der Waals surface area contributed by atoms with Crippen molar-refractivity contribution in [1.82, 2.24) is 10.2 Å². The predicted molar refractivity (Wildman–Crippen MR) is 86.5 cm³/mol. The highest BCUT2D eigenvalue weighted by atomic mass is 16.4. The highest BCUT2D eigenvalue weighted by molar-refractivity contribution is 5.86. The third-order valence-corrected chi connectivity index (χ3v) is 4.41. The summed E-state index contributed by atoms with van der Waals surface area (Å²) >= 11 is 0. The lowest BCUT2D eigenvalue weighted by Crippen LogP contribution is -2.52. The molecule has 0 aromatic heterocycles. The predicted octanol–water partition coefficient (Wildman–Crippen LogP) is 0.434. The van der Waals surface area contributed by atoms with Crippen molar-refractivity contribution in [2.45, 2.75) is 52.6 Å². The van der Waals surface area contributed by atoms with E-state index in [9.17, 15) is 14.4 Å². The largest absolute Gasteiger partial charge is 0.480 e. The first-order valence-corrected chi connectivity index (χ1v) is 8.22. The average molecular weight is 327 g/mol. The number of carbonyl (C=O) groups is 3. The molecule has 1 heterocycles. The van der Waals surface area contributed by atoms with E-state index in [1.54, 1.807) is 18.7 Å². The highest BCUT2D eigenvalue weighted by Gasteiger charge is 2.32. The van der Waals surface area contributed by atoms with Crippen LogP contribution in [0.1, 0.15) is 40.5 Å². The summed E-state index contributed by atoms with van der Waals surface area (Å²) in [6.45, 7) is 8.29. The SMILES string of the molecule is CC(C)C(N)C(=O)N1CCC(C(=O)NC(C(=O)O)C(C)C)CC1. The molecule has 7 nitrogen and oxygen atoms in total. The van der Waals surface area contributed by atoms with Crippen molar-refractivity contribution in [2.24, 2.45) is 23.5 Å². The molecule has 2 amide bonds. The van der Waals surface area contributed by atoms with Gasteiger partial charge >= 0.3 is 5.97 Å². The maximum Gasteiger partial charge on any atom is 0.326 e. The number of nitrogens with zero attached hydrogens (tertiary/aromatic N) is 1. The van der Waals surface area contributed by atoms with Gasteiger partial charge in [-0.1, -0.05) is 27.7 Å². The maximum atomic E-state index is 12.2. The molecule has 0 bridgehead atoms. The Labute approximate surface area is 137 Å².